The van der Waals surface area contributed by atoms with Gasteiger partial charge < -0.3 is 5.11 Å². The van der Waals surface area contributed by atoms with Gasteiger partial charge in [0, 0.05) is 24.6 Å². The maximum atomic E-state index is 13.7. The molecule has 0 radical (unpaired) electrons. The minimum absolute atomic E-state index is 0.0407. The van der Waals surface area contributed by atoms with Crippen molar-refractivity contribution in [2.75, 3.05) is 13.2 Å². The van der Waals surface area contributed by atoms with E-state index in [0.29, 0.717) is 23.9 Å². The Morgan fingerprint density at radius 3 is 2.90 bits per heavy atom. The van der Waals surface area contributed by atoms with Crippen LogP contribution in [0, 0.1) is 23.6 Å². The summed E-state index contributed by atoms with van der Waals surface area (Å²) in [5, 5.41) is 8.74. The summed E-state index contributed by atoms with van der Waals surface area (Å²) in [6.07, 6.45) is 2.88. The van der Waals surface area contributed by atoms with Gasteiger partial charge in [-0.3, -0.25) is 4.90 Å². The largest absolute Gasteiger partial charge is 0.395 e. The average Bonchev–Trinajstić information content (AvgIpc) is 2.86. The Morgan fingerprint density at radius 2 is 2.19 bits per heavy atom. The Balaban J connectivity index is 2.11. The third kappa shape index (κ3) is 4.56. The van der Waals surface area contributed by atoms with Crippen LogP contribution in [0.2, 0.25) is 0 Å². The molecule has 0 aliphatic carbocycles. The molecular weight excluding hydrogens is 265 g/mol. The molecule has 2 nitrogen and oxygen atoms in total. The predicted molar refractivity (Wildman–Crippen MR) is 83.3 cm³/mol. The number of aliphatic hydroxyl groups is 1. The van der Waals surface area contributed by atoms with E-state index in [2.05, 4.69) is 30.6 Å². The molecule has 1 aromatic carbocycles. The average molecular weight is 289 g/mol. The highest BCUT2D eigenvalue weighted by Crippen LogP contribution is 2.25. The van der Waals surface area contributed by atoms with Crippen molar-refractivity contribution in [2.24, 2.45) is 5.92 Å². The molecule has 0 amide bonds. The topological polar surface area (TPSA) is 23.5 Å². The van der Waals surface area contributed by atoms with Gasteiger partial charge >= 0.3 is 0 Å². The molecule has 1 aromatic rings. The molecule has 1 heterocycles. The van der Waals surface area contributed by atoms with Crippen molar-refractivity contribution in [1.82, 2.24) is 4.90 Å². The van der Waals surface area contributed by atoms with Gasteiger partial charge in [0.1, 0.15) is 5.82 Å². The normalized spacial score (nSPS) is 18.8. The summed E-state index contributed by atoms with van der Waals surface area (Å²) >= 11 is 0. The SMILES string of the molecule is CC(C)C1CCCN1Cc1cc(F)cc(C#CCCO)c1. The van der Waals surface area contributed by atoms with Crippen LogP contribution in [0.15, 0.2) is 18.2 Å². The van der Waals surface area contributed by atoms with Gasteiger partial charge in [-0.05, 0) is 49.1 Å². The molecule has 21 heavy (non-hydrogen) atoms. The molecule has 1 N–H and O–H groups in total. The molecule has 0 aromatic heterocycles. The van der Waals surface area contributed by atoms with Gasteiger partial charge in [-0.15, -0.1) is 0 Å². The summed E-state index contributed by atoms with van der Waals surface area (Å²) in [6.45, 7) is 6.42. The minimum Gasteiger partial charge on any atom is -0.395 e. The van der Waals surface area contributed by atoms with Gasteiger partial charge in [-0.2, -0.15) is 0 Å². The molecule has 3 heteroatoms. The van der Waals surface area contributed by atoms with E-state index in [-0.39, 0.29) is 12.4 Å². The van der Waals surface area contributed by atoms with E-state index in [1.54, 1.807) is 6.07 Å². The van der Waals surface area contributed by atoms with Gasteiger partial charge in [-0.25, -0.2) is 4.39 Å². The lowest BCUT2D eigenvalue weighted by Gasteiger charge is -2.27. The van der Waals surface area contributed by atoms with Gasteiger partial charge in [0.25, 0.3) is 0 Å². The Morgan fingerprint density at radius 1 is 1.38 bits per heavy atom. The molecular formula is C18H24FNO. The van der Waals surface area contributed by atoms with E-state index in [1.165, 1.54) is 18.9 Å². The molecule has 0 saturated carbocycles. The molecule has 0 spiro atoms. The molecule has 0 bridgehead atoms. The summed E-state index contributed by atoms with van der Waals surface area (Å²) in [5.41, 5.74) is 1.68. The fourth-order valence-electron chi connectivity index (χ4n) is 3.07. The number of hydrogen-bond acceptors (Lipinski definition) is 2. The Hall–Kier alpha value is -1.37. The number of nitrogens with zero attached hydrogens (tertiary/aromatic N) is 1. The van der Waals surface area contributed by atoms with Crippen LogP contribution >= 0.6 is 0 Å². The quantitative estimate of drug-likeness (QED) is 0.861. The summed E-state index contributed by atoms with van der Waals surface area (Å²) in [7, 11) is 0. The summed E-state index contributed by atoms with van der Waals surface area (Å²) in [4.78, 5) is 2.45. The first kappa shape index (κ1) is 16.0. The molecule has 2 rings (SSSR count). The van der Waals surface area contributed by atoms with Crippen molar-refractivity contribution >= 4 is 0 Å². The standard InChI is InChI=1S/C18H24FNO/c1-14(2)18-7-5-8-20(18)13-16-10-15(6-3-4-9-21)11-17(19)12-16/h10-12,14,18,21H,4-5,7-9,13H2,1-2H3. The Kier molecular flexibility index (Phi) is 5.78. The molecule has 1 aliphatic rings. The van der Waals surface area contributed by atoms with Crippen molar-refractivity contribution in [3.8, 4) is 11.8 Å². The van der Waals surface area contributed by atoms with Crippen LogP contribution < -0.4 is 0 Å². The lowest BCUT2D eigenvalue weighted by atomic mass is 10.0. The van der Waals surface area contributed by atoms with Crippen molar-refractivity contribution in [3.05, 3.63) is 35.1 Å². The Bertz CT molecular complexity index is 530. The van der Waals surface area contributed by atoms with Crippen LogP contribution in [-0.2, 0) is 6.54 Å². The smallest absolute Gasteiger partial charge is 0.124 e. The highest BCUT2D eigenvalue weighted by atomic mass is 19.1. The summed E-state index contributed by atoms with van der Waals surface area (Å²) < 4.78 is 13.7. The van der Waals surface area contributed by atoms with E-state index in [1.807, 2.05) is 6.07 Å². The van der Waals surface area contributed by atoms with E-state index in [4.69, 9.17) is 5.11 Å². The van der Waals surface area contributed by atoms with Crippen LogP contribution in [0.1, 0.15) is 44.2 Å². The zero-order valence-corrected chi connectivity index (χ0v) is 12.9. The highest BCUT2D eigenvalue weighted by Gasteiger charge is 2.26. The first-order chi connectivity index (χ1) is 10.1. The molecule has 1 fully saturated rings. The third-order valence-electron chi connectivity index (χ3n) is 4.00. The predicted octanol–water partition coefficient (Wildman–Crippen LogP) is 3.18. The number of halogens is 1. The highest BCUT2D eigenvalue weighted by molar-refractivity contribution is 5.37. The maximum absolute atomic E-state index is 13.7. The number of aliphatic hydroxyl groups excluding tert-OH is 1. The van der Waals surface area contributed by atoms with E-state index in [0.717, 1.165) is 18.7 Å². The fourth-order valence-corrected chi connectivity index (χ4v) is 3.07. The molecule has 1 unspecified atom stereocenters. The first-order valence-electron chi connectivity index (χ1n) is 7.73. The third-order valence-corrected chi connectivity index (χ3v) is 4.00. The fraction of sp³-hybridized carbons (Fsp3) is 0.556. The zero-order valence-electron chi connectivity index (χ0n) is 12.9. The number of likely N-dealkylation sites (tertiary alicyclic amines) is 1. The van der Waals surface area contributed by atoms with Crippen LogP contribution in [-0.4, -0.2) is 29.2 Å². The minimum atomic E-state index is -0.235. The maximum Gasteiger partial charge on any atom is 0.124 e. The van der Waals surface area contributed by atoms with E-state index in [9.17, 15) is 4.39 Å². The molecule has 1 saturated heterocycles. The monoisotopic (exact) mass is 289 g/mol. The van der Waals surface area contributed by atoms with E-state index >= 15 is 0 Å². The molecule has 114 valence electrons. The van der Waals surface area contributed by atoms with Crippen LogP contribution in [0.25, 0.3) is 0 Å². The molecule has 1 aliphatic heterocycles. The lowest BCUT2D eigenvalue weighted by molar-refractivity contribution is 0.198. The summed E-state index contributed by atoms with van der Waals surface area (Å²) in [5.74, 6) is 6.16. The zero-order chi connectivity index (χ0) is 15.2. The van der Waals surface area contributed by atoms with Gasteiger partial charge in [-0.1, -0.05) is 25.7 Å². The number of benzene rings is 1. The van der Waals surface area contributed by atoms with Gasteiger partial charge in [0.05, 0.1) is 6.61 Å². The Labute approximate surface area is 127 Å². The second kappa shape index (κ2) is 7.59. The number of rotatable bonds is 4. The molecule has 1 atom stereocenters. The van der Waals surface area contributed by atoms with Crippen molar-refractivity contribution in [3.63, 3.8) is 0 Å². The lowest BCUT2D eigenvalue weighted by Crippen LogP contribution is -2.32. The second-order valence-electron chi connectivity index (χ2n) is 6.05. The van der Waals surface area contributed by atoms with Crippen molar-refractivity contribution < 1.29 is 9.50 Å². The number of hydrogen-bond donors (Lipinski definition) is 1. The van der Waals surface area contributed by atoms with Crippen molar-refractivity contribution in [2.45, 2.75) is 45.7 Å². The second-order valence-corrected chi connectivity index (χ2v) is 6.05. The van der Waals surface area contributed by atoms with Crippen molar-refractivity contribution in [1.29, 1.82) is 0 Å². The van der Waals surface area contributed by atoms with Crippen LogP contribution in [0.4, 0.5) is 4.39 Å². The van der Waals surface area contributed by atoms with Gasteiger partial charge in [0.15, 0.2) is 0 Å². The van der Waals surface area contributed by atoms with Crippen LogP contribution in [0.5, 0.6) is 0 Å². The van der Waals surface area contributed by atoms with Gasteiger partial charge in [0.2, 0.25) is 0 Å². The van der Waals surface area contributed by atoms with Crippen LogP contribution in [0.3, 0.4) is 0 Å². The first-order valence-corrected chi connectivity index (χ1v) is 7.73. The summed E-state index contributed by atoms with van der Waals surface area (Å²) in [6, 6.07) is 5.62. The van der Waals surface area contributed by atoms with E-state index < -0.39 is 0 Å².